The molecule has 2 aromatic heterocycles. The number of amides is 1. The molecule has 0 spiro atoms. The van der Waals surface area contributed by atoms with Crippen LogP contribution in [0.25, 0.3) is 21.3 Å². The van der Waals surface area contributed by atoms with Crippen molar-refractivity contribution in [1.29, 1.82) is 0 Å². The third-order valence-corrected chi connectivity index (χ3v) is 6.78. The lowest BCUT2D eigenvalue weighted by molar-refractivity contribution is -0.119. The summed E-state index contributed by atoms with van der Waals surface area (Å²) >= 11 is 1.49. The highest BCUT2D eigenvalue weighted by molar-refractivity contribution is 7.19. The Kier molecular flexibility index (Phi) is 5.84. The van der Waals surface area contributed by atoms with Crippen molar-refractivity contribution in [3.8, 4) is 16.9 Å². The highest BCUT2D eigenvalue weighted by Gasteiger charge is 2.24. The van der Waals surface area contributed by atoms with Gasteiger partial charge >= 0.3 is 0 Å². The third kappa shape index (κ3) is 3.91. The Balaban J connectivity index is 1.79. The van der Waals surface area contributed by atoms with E-state index in [4.69, 9.17) is 0 Å². The number of phenols is 1. The minimum absolute atomic E-state index is 0.118. The van der Waals surface area contributed by atoms with Gasteiger partial charge < -0.3 is 10.4 Å². The van der Waals surface area contributed by atoms with Gasteiger partial charge in [-0.1, -0.05) is 25.1 Å². The van der Waals surface area contributed by atoms with Gasteiger partial charge in [-0.2, -0.15) is 0 Å². The van der Waals surface area contributed by atoms with Crippen LogP contribution in [-0.2, 0) is 4.79 Å². The Hall–Kier alpha value is -3.45. The Morgan fingerprint density at radius 3 is 2.50 bits per heavy atom. The van der Waals surface area contributed by atoms with Gasteiger partial charge in [0.25, 0.3) is 5.56 Å². The van der Waals surface area contributed by atoms with Crippen LogP contribution >= 0.6 is 11.3 Å². The van der Waals surface area contributed by atoms with Crippen molar-refractivity contribution in [2.24, 2.45) is 0 Å². The molecule has 0 radical (unpaired) electrons. The van der Waals surface area contributed by atoms with Crippen molar-refractivity contribution < 1.29 is 9.90 Å². The van der Waals surface area contributed by atoms with Crippen LogP contribution in [0, 0.1) is 20.8 Å². The predicted molar refractivity (Wildman–Crippen MR) is 130 cm³/mol. The summed E-state index contributed by atoms with van der Waals surface area (Å²) in [7, 11) is 0. The number of hydrogen-bond donors (Lipinski definition) is 2. The van der Waals surface area contributed by atoms with Crippen molar-refractivity contribution in [3.05, 3.63) is 75.1 Å². The summed E-state index contributed by atoms with van der Waals surface area (Å²) in [6.45, 7) is 7.97. The molecule has 0 saturated heterocycles. The van der Waals surface area contributed by atoms with E-state index in [0.29, 0.717) is 22.3 Å². The number of thiophene rings is 1. The van der Waals surface area contributed by atoms with Crippen molar-refractivity contribution in [2.45, 2.75) is 40.2 Å². The number of nitrogens with zero attached hydrogens (tertiary/aromatic N) is 2. The normalized spacial score (nSPS) is 12.1. The second-order valence-electron chi connectivity index (χ2n) is 7.93. The fraction of sp³-hybridized carbons (Fsp3) is 0.240. The van der Waals surface area contributed by atoms with Crippen LogP contribution in [0.3, 0.4) is 0 Å². The highest BCUT2D eigenvalue weighted by Crippen LogP contribution is 2.36. The van der Waals surface area contributed by atoms with Gasteiger partial charge in [0.05, 0.1) is 11.7 Å². The monoisotopic (exact) mass is 447 g/mol. The van der Waals surface area contributed by atoms with E-state index in [1.54, 1.807) is 12.1 Å². The third-order valence-electron chi connectivity index (χ3n) is 5.77. The highest BCUT2D eigenvalue weighted by atomic mass is 32.1. The SMILES string of the molecule is CCC(C(=O)Nc1ccc(O)cc1)n1cnc2sc(C)c(-c3ccc(C)c(C)c3)c2c1=O. The Morgan fingerprint density at radius 2 is 1.84 bits per heavy atom. The first-order valence-electron chi connectivity index (χ1n) is 10.5. The van der Waals surface area contributed by atoms with Gasteiger partial charge in [0, 0.05) is 16.1 Å². The smallest absolute Gasteiger partial charge is 0.263 e. The van der Waals surface area contributed by atoms with Crippen LogP contribution in [0.5, 0.6) is 5.75 Å². The molecule has 4 aromatic rings. The second-order valence-corrected chi connectivity index (χ2v) is 9.13. The lowest BCUT2D eigenvalue weighted by atomic mass is 9.99. The number of nitrogens with one attached hydrogen (secondary N) is 1. The number of aryl methyl sites for hydroxylation is 3. The molecule has 6 nitrogen and oxygen atoms in total. The van der Waals surface area contributed by atoms with Crippen molar-refractivity contribution in [1.82, 2.24) is 9.55 Å². The molecule has 1 atom stereocenters. The first-order chi connectivity index (χ1) is 15.3. The molecule has 1 unspecified atom stereocenters. The van der Waals surface area contributed by atoms with Crippen molar-refractivity contribution in [3.63, 3.8) is 0 Å². The fourth-order valence-electron chi connectivity index (χ4n) is 3.86. The molecule has 2 aromatic carbocycles. The van der Waals surface area contributed by atoms with Crippen molar-refractivity contribution in [2.75, 3.05) is 5.32 Å². The van der Waals surface area contributed by atoms with Gasteiger partial charge in [0.2, 0.25) is 5.91 Å². The zero-order valence-electron chi connectivity index (χ0n) is 18.5. The van der Waals surface area contributed by atoms with Crippen LogP contribution in [-0.4, -0.2) is 20.6 Å². The van der Waals surface area contributed by atoms with Gasteiger partial charge in [-0.05, 0) is 68.1 Å². The molecule has 0 aliphatic carbocycles. The Morgan fingerprint density at radius 1 is 1.12 bits per heavy atom. The number of fused-ring (bicyclic) bond motifs is 1. The van der Waals surface area contributed by atoms with Gasteiger partial charge in [-0.15, -0.1) is 11.3 Å². The molecular weight excluding hydrogens is 422 g/mol. The summed E-state index contributed by atoms with van der Waals surface area (Å²) in [6, 6.07) is 11.7. The quantitative estimate of drug-likeness (QED) is 0.404. The first kappa shape index (κ1) is 21.8. The maximum Gasteiger partial charge on any atom is 0.263 e. The number of carbonyl (C=O) groups excluding carboxylic acids is 1. The van der Waals surface area contributed by atoms with Crippen LogP contribution in [0.4, 0.5) is 5.69 Å². The van der Waals surface area contributed by atoms with E-state index in [9.17, 15) is 14.7 Å². The number of anilines is 1. The van der Waals surface area contributed by atoms with E-state index >= 15 is 0 Å². The lowest BCUT2D eigenvalue weighted by Gasteiger charge is -2.18. The number of hydrogen-bond acceptors (Lipinski definition) is 5. The summed E-state index contributed by atoms with van der Waals surface area (Å²) < 4.78 is 1.43. The van der Waals surface area contributed by atoms with E-state index in [1.165, 1.54) is 39.9 Å². The van der Waals surface area contributed by atoms with Gasteiger partial charge in [-0.25, -0.2) is 4.98 Å². The molecule has 164 valence electrons. The topological polar surface area (TPSA) is 84.2 Å². The average Bonchev–Trinajstić information content (AvgIpc) is 3.10. The molecular formula is C25H25N3O3S. The zero-order valence-corrected chi connectivity index (χ0v) is 19.3. The Bertz CT molecular complexity index is 1370. The predicted octanol–water partition coefficient (Wildman–Crippen LogP) is 5.35. The van der Waals surface area contributed by atoms with E-state index in [0.717, 1.165) is 21.6 Å². The summed E-state index contributed by atoms with van der Waals surface area (Å²) in [4.78, 5) is 32.8. The molecule has 0 bridgehead atoms. The molecule has 0 aliphatic heterocycles. The maximum absolute atomic E-state index is 13.6. The average molecular weight is 448 g/mol. The number of phenolic OH excluding ortho intramolecular Hbond substituents is 1. The van der Waals surface area contributed by atoms with Gasteiger partial charge in [0.1, 0.15) is 16.6 Å². The summed E-state index contributed by atoms with van der Waals surface area (Å²) in [5, 5.41) is 12.8. The standard InChI is InChI=1S/C25H25N3O3S/c1-5-20(23(30)27-18-8-10-19(29)11-9-18)28-13-26-24-22(25(28)31)21(16(4)32-24)17-7-6-14(2)15(3)12-17/h6-13,20,29H,5H2,1-4H3,(H,27,30). The lowest BCUT2D eigenvalue weighted by Crippen LogP contribution is -2.33. The number of carbonyl (C=O) groups is 1. The zero-order chi connectivity index (χ0) is 23.0. The minimum Gasteiger partial charge on any atom is -0.508 e. The molecule has 2 heterocycles. The largest absolute Gasteiger partial charge is 0.508 e. The summed E-state index contributed by atoms with van der Waals surface area (Å²) in [6.07, 6.45) is 1.90. The fourth-order valence-corrected chi connectivity index (χ4v) is 4.86. The van der Waals surface area contributed by atoms with E-state index < -0.39 is 6.04 Å². The molecule has 0 saturated carbocycles. The van der Waals surface area contributed by atoms with Crippen LogP contribution in [0.1, 0.15) is 35.4 Å². The number of benzene rings is 2. The molecule has 1 amide bonds. The van der Waals surface area contributed by atoms with Crippen LogP contribution in [0.15, 0.2) is 53.6 Å². The molecule has 0 aliphatic rings. The summed E-state index contributed by atoms with van der Waals surface area (Å²) in [5.41, 5.74) is 4.54. The molecule has 4 rings (SSSR count). The summed E-state index contributed by atoms with van der Waals surface area (Å²) in [5.74, 6) is -0.186. The number of rotatable bonds is 5. The number of aromatic hydroxyl groups is 1. The van der Waals surface area contributed by atoms with E-state index in [2.05, 4.69) is 36.3 Å². The first-order valence-corrected chi connectivity index (χ1v) is 11.3. The molecule has 7 heteroatoms. The van der Waals surface area contributed by atoms with E-state index in [1.807, 2.05) is 19.9 Å². The second kappa shape index (κ2) is 8.59. The van der Waals surface area contributed by atoms with Crippen molar-refractivity contribution >= 4 is 33.1 Å². The van der Waals surface area contributed by atoms with Crippen LogP contribution < -0.4 is 10.9 Å². The van der Waals surface area contributed by atoms with Crippen LogP contribution in [0.2, 0.25) is 0 Å². The minimum atomic E-state index is -0.707. The van der Waals surface area contributed by atoms with E-state index in [-0.39, 0.29) is 17.2 Å². The Labute approximate surface area is 190 Å². The number of aromatic nitrogens is 2. The molecule has 2 N–H and O–H groups in total. The maximum atomic E-state index is 13.6. The molecule has 0 fully saturated rings. The molecule has 32 heavy (non-hydrogen) atoms. The van der Waals surface area contributed by atoms with Gasteiger partial charge in [0.15, 0.2) is 0 Å². The van der Waals surface area contributed by atoms with Gasteiger partial charge in [-0.3, -0.25) is 14.2 Å².